The Labute approximate surface area is 84.1 Å². The summed E-state index contributed by atoms with van der Waals surface area (Å²) in [5.41, 5.74) is 0.641. The number of carbonyl (C=O) groups is 1. The number of hydrogen-bond donors (Lipinski definition) is 0. The third-order valence-corrected chi connectivity index (χ3v) is 2.54. The second-order valence-corrected chi connectivity index (χ2v) is 3.84. The second kappa shape index (κ2) is 5.13. The second-order valence-electron chi connectivity index (χ2n) is 3.84. The zero-order valence-electron chi connectivity index (χ0n) is 8.81. The Balaban J connectivity index is 2.66. The van der Waals surface area contributed by atoms with Crippen molar-refractivity contribution in [3.63, 3.8) is 0 Å². The summed E-state index contributed by atoms with van der Waals surface area (Å²) in [6, 6.07) is 0. The van der Waals surface area contributed by atoms with Crippen LogP contribution in [0.2, 0.25) is 0 Å². The molecule has 0 spiro atoms. The zero-order valence-corrected chi connectivity index (χ0v) is 8.81. The summed E-state index contributed by atoms with van der Waals surface area (Å²) in [7, 11) is 0. The van der Waals surface area contributed by atoms with Gasteiger partial charge in [-0.2, -0.15) is 4.39 Å². The maximum absolute atomic E-state index is 13.4. The normalized spacial score (nSPS) is 25.8. The average molecular weight is 200 g/mol. The first kappa shape index (κ1) is 11.2. The Morgan fingerprint density at radius 1 is 1.64 bits per heavy atom. The van der Waals surface area contributed by atoms with Crippen LogP contribution in [0.3, 0.4) is 0 Å². The minimum Gasteiger partial charge on any atom is -0.461 e. The van der Waals surface area contributed by atoms with Crippen LogP contribution in [0.25, 0.3) is 0 Å². The van der Waals surface area contributed by atoms with Crippen molar-refractivity contribution >= 4 is 5.97 Å². The Morgan fingerprint density at radius 2 is 2.36 bits per heavy atom. The molecular formula is C11H17FO2. The van der Waals surface area contributed by atoms with Crippen molar-refractivity contribution in [2.45, 2.75) is 39.5 Å². The van der Waals surface area contributed by atoms with E-state index >= 15 is 0 Å². The van der Waals surface area contributed by atoms with E-state index in [-0.39, 0.29) is 6.61 Å². The minimum absolute atomic E-state index is 0.231. The Hall–Kier alpha value is -0.860. The lowest BCUT2D eigenvalue weighted by Crippen LogP contribution is -2.11. The molecule has 2 nitrogen and oxygen atoms in total. The van der Waals surface area contributed by atoms with Gasteiger partial charge in [-0.15, -0.1) is 0 Å². The van der Waals surface area contributed by atoms with Crippen LogP contribution in [-0.2, 0) is 9.53 Å². The highest BCUT2D eigenvalue weighted by molar-refractivity contribution is 5.86. The summed E-state index contributed by atoms with van der Waals surface area (Å²) in [6.45, 7) is 3.99. The van der Waals surface area contributed by atoms with Gasteiger partial charge in [0.25, 0.3) is 0 Å². The van der Waals surface area contributed by atoms with Crippen LogP contribution in [0.5, 0.6) is 0 Å². The largest absolute Gasteiger partial charge is 0.461 e. The number of rotatable bonds is 2. The van der Waals surface area contributed by atoms with E-state index in [0.29, 0.717) is 24.3 Å². The minimum atomic E-state index is -0.795. The zero-order chi connectivity index (χ0) is 10.6. The van der Waals surface area contributed by atoms with E-state index in [2.05, 4.69) is 11.7 Å². The van der Waals surface area contributed by atoms with Gasteiger partial charge in [-0.25, -0.2) is 4.79 Å². The first-order valence-electron chi connectivity index (χ1n) is 5.19. The maximum atomic E-state index is 13.4. The monoisotopic (exact) mass is 200 g/mol. The van der Waals surface area contributed by atoms with Crippen molar-refractivity contribution in [1.29, 1.82) is 0 Å². The molecule has 0 saturated heterocycles. The molecule has 0 aromatic rings. The molecule has 0 radical (unpaired) electrons. The summed E-state index contributed by atoms with van der Waals surface area (Å²) < 4.78 is 18.1. The number of esters is 1. The quantitative estimate of drug-likeness (QED) is 0.506. The molecule has 0 aromatic heterocycles. The van der Waals surface area contributed by atoms with Gasteiger partial charge in [0.1, 0.15) is 0 Å². The SMILES string of the molecule is CCOC(=O)/C(F)=C1/CCCC(C)C1. The lowest BCUT2D eigenvalue weighted by Gasteiger charge is -2.20. The number of hydrogen-bond acceptors (Lipinski definition) is 2. The van der Waals surface area contributed by atoms with E-state index in [1.54, 1.807) is 6.92 Å². The first-order valence-corrected chi connectivity index (χ1v) is 5.19. The van der Waals surface area contributed by atoms with Crippen molar-refractivity contribution in [2.24, 2.45) is 5.92 Å². The average Bonchev–Trinajstić information content (AvgIpc) is 2.17. The lowest BCUT2D eigenvalue weighted by atomic mass is 9.86. The molecule has 3 heteroatoms. The van der Waals surface area contributed by atoms with Crippen molar-refractivity contribution < 1.29 is 13.9 Å². The van der Waals surface area contributed by atoms with Crippen LogP contribution in [0, 0.1) is 5.92 Å². The summed E-state index contributed by atoms with van der Waals surface area (Å²) in [6.07, 6.45) is 3.50. The van der Waals surface area contributed by atoms with E-state index < -0.39 is 11.8 Å². The Kier molecular flexibility index (Phi) is 4.11. The van der Waals surface area contributed by atoms with E-state index in [9.17, 15) is 9.18 Å². The van der Waals surface area contributed by atoms with E-state index in [4.69, 9.17) is 0 Å². The molecule has 1 rings (SSSR count). The predicted molar refractivity (Wildman–Crippen MR) is 52.4 cm³/mol. The van der Waals surface area contributed by atoms with Crippen molar-refractivity contribution in [1.82, 2.24) is 0 Å². The first-order chi connectivity index (χ1) is 6.65. The van der Waals surface area contributed by atoms with Gasteiger partial charge in [-0.1, -0.05) is 13.3 Å². The van der Waals surface area contributed by atoms with Gasteiger partial charge >= 0.3 is 5.97 Å². The number of halogens is 1. The van der Waals surface area contributed by atoms with Crippen LogP contribution >= 0.6 is 0 Å². The molecule has 1 aliphatic carbocycles. The summed E-state index contributed by atoms with van der Waals surface area (Å²) in [4.78, 5) is 11.1. The standard InChI is InChI=1S/C11H17FO2/c1-3-14-11(13)10(12)9-6-4-5-8(2)7-9/h8H,3-7H2,1-2H3/b10-9+. The van der Waals surface area contributed by atoms with Gasteiger partial charge in [-0.05, 0) is 37.7 Å². The van der Waals surface area contributed by atoms with Crippen LogP contribution in [-0.4, -0.2) is 12.6 Å². The topological polar surface area (TPSA) is 26.3 Å². The van der Waals surface area contributed by atoms with Crippen molar-refractivity contribution in [2.75, 3.05) is 6.61 Å². The Bertz CT molecular complexity index is 246. The molecule has 80 valence electrons. The van der Waals surface area contributed by atoms with Gasteiger partial charge in [0.15, 0.2) is 0 Å². The van der Waals surface area contributed by atoms with Crippen LogP contribution < -0.4 is 0 Å². The molecule has 0 amide bonds. The van der Waals surface area contributed by atoms with Gasteiger partial charge in [-0.3, -0.25) is 0 Å². The van der Waals surface area contributed by atoms with E-state index in [0.717, 1.165) is 12.8 Å². The fourth-order valence-electron chi connectivity index (χ4n) is 1.83. The van der Waals surface area contributed by atoms with Crippen molar-refractivity contribution in [3.8, 4) is 0 Å². The number of allylic oxidation sites excluding steroid dienone is 1. The Morgan fingerprint density at radius 3 is 2.93 bits per heavy atom. The molecule has 1 saturated carbocycles. The third-order valence-electron chi connectivity index (χ3n) is 2.54. The molecule has 1 unspecified atom stereocenters. The number of ether oxygens (including phenoxy) is 1. The molecule has 0 aromatic carbocycles. The fourth-order valence-corrected chi connectivity index (χ4v) is 1.83. The van der Waals surface area contributed by atoms with Gasteiger partial charge in [0.05, 0.1) is 6.61 Å². The predicted octanol–water partition coefficient (Wildman–Crippen LogP) is 2.98. The van der Waals surface area contributed by atoms with Gasteiger partial charge < -0.3 is 4.74 Å². The van der Waals surface area contributed by atoms with E-state index in [1.165, 1.54) is 0 Å². The molecule has 1 atom stereocenters. The highest BCUT2D eigenvalue weighted by Gasteiger charge is 2.21. The molecule has 0 N–H and O–H groups in total. The molecule has 0 heterocycles. The molecule has 1 fully saturated rings. The van der Waals surface area contributed by atoms with Crippen LogP contribution in [0.4, 0.5) is 4.39 Å². The highest BCUT2D eigenvalue weighted by atomic mass is 19.1. The van der Waals surface area contributed by atoms with Crippen LogP contribution in [0.15, 0.2) is 11.4 Å². The number of carbonyl (C=O) groups excluding carboxylic acids is 1. The van der Waals surface area contributed by atoms with Gasteiger partial charge in [0, 0.05) is 0 Å². The van der Waals surface area contributed by atoms with E-state index in [1.807, 2.05) is 0 Å². The van der Waals surface area contributed by atoms with Gasteiger partial charge in [0.2, 0.25) is 5.83 Å². The lowest BCUT2D eigenvalue weighted by molar-refractivity contribution is -0.140. The molecule has 14 heavy (non-hydrogen) atoms. The summed E-state index contributed by atoms with van der Waals surface area (Å²) >= 11 is 0. The summed E-state index contributed by atoms with van der Waals surface area (Å²) in [5, 5.41) is 0. The maximum Gasteiger partial charge on any atom is 0.367 e. The smallest absolute Gasteiger partial charge is 0.367 e. The highest BCUT2D eigenvalue weighted by Crippen LogP contribution is 2.30. The van der Waals surface area contributed by atoms with Crippen molar-refractivity contribution in [3.05, 3.63) is 11.4 Å². The molecule has 1 aliphatic rings. The summed E-state index contributed by atoms with van der Waals surface area (Å²) in [5.74, 6) is -0.964. The fraction of sp³-hybridized carbons (Fsp3) is 0.727. The molecular weight excluding hydrogens is 183 g/mol. The molecule has 0 bridgehead atoms. The molecule has 0 aliphatic heterocycles. The van der Waals surface area contributed by atoms with Crippen LogP contribution in [0.1, 0.15) is 39.5 Å². The third kappa shape index (κ3) is 2.82.